The molecule has 0 radical (unpaired) electrons. The summed E-state index contributed by atoms with van der Waals surface area (Å²) in [4.78, 5) is 59.2. The van der Waals surface area contributed by atoms with Gasteiger partial charge in [0, 0.05) is 0 Å². The zero-order valence-electron chi connectivity index (χ0n) is 11.2. The molecule has 108 valence electrons. The van der Waals surface area contributed by atoms with Crippen LogP contribution in [0.4, 0.5) is 0 Å². The lowest BCUT2D eigenvalue weighted by atomic mass is 9.93. The van der Waals surface area contributed by atoms with Crippen LogP contribution in [0.1, 0.15) is 18.4 Å². The smallest absolute Gasteiger partial charge is 0.375 e. The maximum Gasteiger partial charge on any atom is 0.375 e. The second-order valence-electron chi connectivity index (χ2n) is 4.49. The van der Waals surface area contributed by atoms with Crippen LogP contribution in [0.15, 0.2) is 30.3 Å². The van der Waals surface area contributed by atoms with Crippen molar-refractivity contribution in [2.24, 2.45) is 5.92 Å². The fourth-order valence-corrected chi connectivity index (χ4v) is 2.24. The van der Waals surface area contributed by atoms with Crippen molar-refractivity contribution in [2.45, 2.75) is 12.8 Å². The van der Waals surface area contributed by atoms with Gasteiger partial charge in [0.05, 0.1) is 6.61 Å². The van der Waals surface area contributed by atoms with Crippen LogP contribution in [0.25, 0.3) is 0 Å². The highest BCUT2D eigenvalue weighted by atomic mass is 16.5. The monoisotopic (exact) mass is 288 g/mol. The average molecular weight is 288 g/mol. The third-order valence-corrected chi connectivity index (χ3v) is 3.21. The Bertz CT molecular complexity index is 631. The lowest BCUT2D eigenvalue weighted by Gasteiger charge is -2.07. The Hall–Kier alpha value is -2.63. The fourth-order valence-electron chi connectivity index (χ4n) is 2.24. The Balaban J connectivity index is 2.33. The first kappa shape index (κ1) is 14.8. The second kappa shape index (κ2) is 5.78. The van der Waals surface area contributed by atoms with E-state index in [1.54, 1.807) is 18.2 Å². The van der Waals surface area contributed by atoms with Gasteiger partial charge in [-0.2, -0.15) is 0 Å². The summed E-state index contributed by atoms with van der Waals surface area (Å²) in [6.07, 6.45) is 0. The zero-order chi connectivity index (χ0) is 15.6. The molecule has 0 saturated heterocycles. The van der Waals surface area contributed by atoms with Crippen LogP contribution in [-0.4, -0.2) is 35.7 Å². The summed E-state index contributed by atoms with van der Waals surface area (Å²) in [5.41, 5.74) is 0.333. The molecule has 1 aromatic rings. The molecular formula is C15H12O6. The van der Waals surface area contributed by atoms with E-state index in [9.17, 15) is 24.0 Å². The number of ketones is 4. The van der Waals surface area contributed by atoms with Gasteiger partial charge < -0.3 is 4.74 Å². The highest BCUT2D eigenvalue weighted by molar-refractivity contribution is 6.61. The number of hydrogen-bond donors (Lipinski definition) is 0. The highest BCUT2D eigenvalue weighted by Gasteiger charge is 2.54. The predicted octanol–water partition coefficient (Wildman–Crippen LogP) is 0.239. The van der Waals surface area contributed by atoms with Gasteiger partial charge >= 0.3 is 5.97 Å². The molecule has 0 aromatic heterocycles. The van der Waals surface area contributed by atoms with E-state index in [1.807, 2.05) is 0 Å². The molecule has 0 heterocycles. The first-order valence-electron chi connectivity index (χ1n) is 6.36. The molecule has 1 aliphatic rings. The minimum absolute atomic E-state index is 0.0598. The molecule has 0 aliphatic heterocycles. The summed E-state index contributed by atoms with van der Waals surface area (Å²) in [6, 6.07) is 7.95. The lowest BCUT2D eigenvalue weighted by Crippen LogP contribution is -2.33. The number of esters is 1. The summed E-state index contributed by atoms with van der Waals surface area (Å²) < 4.78 is 4.48. The van der Waals surface area contributed by atoms with Gasteiger partial charge in [-0.05, 0) is 12.5 Å². The summed E-state index contributed by atoms with van der Waals surface area (Å²) in [5.74, 6) is -8.72. The summed E-state index contributed by atoms with van der Waals surface area (Å²) in [7, 11) is 0. The van der Waals surface area contributed by atoms with Crippen LogP contribution in [0, 0.1) is 5.92 Å². The minimum atomic E-state index is -1.87. The SMILES string of the molecule is CCOC(=O)C(=O)[C@H]1C(=O)C(=O)[C@@H](c2ccccc2)C1=O. The standard InChI is InChI=1S/C15H12O6/c1-2-21-15(20)14(19)10-11(16)9(12(17)13(10)18)8-6-4-3-5-7-8/h3-7,9-10H,2H2,1H3/t9-,10+/m0/s1. The maximum absolute atomic E-state index is 12.2. The summed E-state index contributed by atoms with van der Waals surface area (Å²) in [6.45, 7) is 1.43. The molecule has 21 heavy (non-hydrogen) atoms. The third-order valence-electron chi connectivity index (χ3n) is 3.21. The quantitative estimate of drug-likeness (QED) is 0.447. The van der Waals surface area contributed by atoms with E-state index < -0.39 is 40.9 Å². The van der Waals surface area contributed by atoms with Crippen molar-refractivity contribution in [3.63, 3.8) is 0 Å². The molecule has 2 rings (SSSR count). The molecule has 0 spiro atoms. The molecular weight excluding hydrogens is 276 g/mol. The van der Waals surface area contributed by atoms with Crippen LogP contribution < -0.4 is 0 Å². The van der Waals surface area contributed by atoms with Crippen molar-refractivity contribution in [3.05, 3.63) is 35.9 Å². The highest BCUT2D eigenvalue weighted by Crippen LogP contribution is 2.30. The predicted molar refractivity (Wildman–Crippen MR) is 69.3 cm³/mol. The van der Waals surface area contributed by atoms with Crippen molar-refractivity contribution in [1.82, 2.24) is 0 Å². The van der Waals surface area contributed by atoms with Crippen LogP contribution >= 0.6 is 0 Å². The van der Waals surface area contributed by atoms with E-state index in [1.165, 1.54) is 19.1 Å². The van der Waals surface area contributed by atoms with E-state index in [0.29, 0.717) is 5.56 Å². The van der Waals surface area contributed by atoms with E-state index in [0.717, 1.165) is 0 Å². The zero-order valence-corrected chi connectivity index (χ0v) is 11.2. The van der Waals surface area contributed by atoms with Crippen molar-refractivity contribution in [3.8, 4) is 0 Å². The first-order chi connectivity index (χ1) is 9.99. The van der Waals surface area contributed by atoms with Gasteiger partial charge in [0.25, 0.3) is 5.78 Å². The fraction of sp³-hybridized carbons (Fsp3) is 0.267. The molecule has 1 aliphatic carbocycles. The van der Waals surface area contributed by atoms with Crippen LogP contribution in [0.3, 0.4) is 0 Å². The molecule has 1 saturated carbocycles. The maximum atomic E-state index is 12.2. The van der Waals surface area contributed by atoms with Crippen molar-refractivity contribution in [2.75, 3.05) is 6.61 Å². The van der Waals surface area contributed by atoms with E-state index in [-0.39, 0.29) is 6.61 Å². The van der Waals surface area contributed by atoms with Crippen molar-refractivity contribution in [1.29, 1.82) is 0 Å². The molecule has 1 aromatic carbocycles. The van der Waals surface area contributed by atoms with E-state index >= 15 is 0 Å². The van der Waals surface area contributed by atoms with Gasteiger partial charge in [0.2, 0.25) is 11.6 Å². The molecule has 6 heteroatoms. The van der Waals surface area contributed by atoms with Crippen LogP contribution in [0.5, 0.6) is 0 Å². The molecule has 0 unspecified atom stereocenters. The van der Waals surface area contributed by atoms with E-state index in [2.05, 4.69) is 4.74 Å². The molecule has 0 N–H and O–H groups in total. The van der Waals surface area contributed by atoms with Gasteiger partial charge in [0.15, 0.2) is 11.7 Å². The number of ether oxygens (including phenoxy) is 1. The van der Waals surface area contributed by atoms with Gasteiger partial charge in [-0.15, -0.1) is 0 Å². The molecule has 2 atom stereocenters. The summed E-state index contributed by atoms with van der Waals surface area (Å²) in [5, 5.41) is 0. The van der Waals surface area contributed by atoms with Gasteiger partial charge in [-0.3, -0.25) is 19.2 Å². The lowest BCUT2D eigenvalue weighted by molar-refractivity contribution is -0.157. The Morgan fingerprint density at radius 3 is 2.24 bits per heavy atom. The number of benzene rings is 1. The van der Waals surface area contributed by atoms with Gasteiger partial charge in [-0.1, -0.05) is 30.3 Å². The molecule has 1 fully saturated rings. The van der Waals surface area contributed by atoms with Crippen molar-refractivity contribution >= 4 is 29.1 Å². The topological polar surface area (TPSA) is 94.6 Å². The molecule has 0 amide bonds. The van der Waals surface area contributed by atoms with Crippen LogP contribution in [-0.2, 0) is 28.7 Å². The van der Waals surface area contributed by atoms with E-state index in [4.69, 9.17) is 0 Å². The minimum Gasteiger partial charge on any atom is -0.460 e. The Morgan fingerprint density at radius 2 is 1.67 bits per heavy atom. The number of hydrogen-bond acceptors (Lipinski definition) is 6. The number of rotatable bonds is 4. The van der Waals surface area contributed by atoms with Gasteiger partial charge in [-0.25, -0.2) is 4.79 Å². The van der Waals surface area contributed by atoms with Crippen LogP contribution in [0.2, 0.25) is 0 Å². The second-order valence-corrected chi connectivity index (χ2v) is 4.49. The number of Topliss-reactive ketones (excluding diaryl/α,β-unsaturated/α-hetero) is 4. The average Bonchev–Trinajstić information content (AvgIpc) is 2.70. The molecule has 6 nitrogen and oxygen atoms in total. The number of carbonyl (C=O) groups excluding carboxylic acids is 5. The third kappa shape index (κ3) is 2.52. The number of carbonyl (C=O) groups is 5. The Labute approximate surface area is 120 Å². The Kier molecular flexibility index (Phi) is 4.07. The van der Waals surface area contributed by atoms with Crippen molar-refractivity contribution < 1.29 is 28.7 Å². The normalized spacial score (nSPS) is 21.5. The van der Waals surface area contributed by atoms with Gasteiger partial charge in [0.1, 0.15) is 5.92 Å². The summed E-state index contributed by atoms with van der Waals surface area (Å²) >= 11 is 0. The largest absolute Gasteiger partial charge is 0.460 e. The first-order valence-corrected chi connectivity index (χ1v) is 6.36. The molecule has 0 bridgehead atoms. The Morgan fingerprint density at radius 1 is 1.05 bits per heavy atom.